The average molecular weight is 239 g/mol. The Morgan fingerprint density at radius 1 is 1.22 bits per heavy atom. The molecule has 2 aromatic rings. The van der Waals surface area contributed by atoms with Gasteiger partial charge in [-0.15, -0.1) is 0 Å². The van der Waals surface area contributed by atoms with Crippen LogP contribution in [0.2, 0.25) is 0 Å². The fourth-order valence-corrected chi connectivity index (χ4v) is 1.31. The minimum Gasteiger partial charge on any atom is -0.439 e. The third-order valence-electron chi connectivity index (χ3n) is 2.17. The van der Waals surface area contributed by atoms with Crippen LogP contribution in [0.5, 0.6) is 11.6 Å². The van der Waals surface area contributed by atoms with Crippen LogP contribution in [0.4, 0.5) is 0 Å². The number of nitriles is 1. The van der Waals surface area contributed by atoms with Crippen LogP contribution >= 0.6 is 0 Å². The molecule has 0 aliphatic rings. The molecule has 1 heterocycles. The molecule has 2 rings (SSSR count). The van der Waals surface area contributed by atoms with E-state index in [4.69, 9.17) is 15.2 Å². The molecule has 0 aliphatic carbocycles. The monoisotopic (exact) mass is 239 g/mol. The molecule has 1 N–H and O–H groups in total. The van der Waals surface area contributed by atoms with E-state index < -0.39 is 0 Å². The van der Waals surface area contributed by atoms with E-state index in [0.29, 0.717) is 22.8 Å². The number of ether oxygens (including phenoxy) is 1. The predicted octanol–water partition coefficient (Wildman–Crippen LogP) is 2.55. The molecule has 0 saturated heterocycles. The highest BCUT2D eigenvalue weighted by Gasteiger charge is 1.99. The fourth-order valence-electron chi connectivity index (χ4n) is 1.31. The summed E-state index contributed by atoms with van der Waals surface area (Å²) < 4.78 is 5.48. The summed E-state index contributed by atoms with van der Waals surface area (Å²) in [6.45, 7) is 0. The Bertz CT molecular complexity index is 583. The van der Waals surface area contributed by atoms with Crippen molar-refractivity contribution in [1.82, 2.24) is 4.98 Å². The third kappa shape index (κ3) is 2.83. The van der Waals surface area contributed by atoms with Gasteiger partial charge in [-0.1, -0.05) is 5.16 Å². The van der Waals surface area contributed by atoms with Gasteiger partial charge < -0.3 is 9.94 Å². The molecule has 0 aliphatic heterocycles. The van der Waals surface area contributed by atoms with Crippen molar-refractivity contribution in [2.24, 2.45) is 5.16 Å². The zero-order chi connectivity index (χ0) is 12.8. The van der Waals surface area contributed by atoms with Crippen LogP contribution < -0.4 is 4.74 Å². The Morgan fingerprint density at radius 2 is 2.00 bits per heavy atom. The van der Waals surface area contributed by atoms with Crippen LogP contribution in [0.3, 0.4) is 0 Å². The van der Waals surface area contributed by atoms with Crippen LogP contribution in [-0.4, -0.2) is 16.4 Å². The van der Waals surface area contributed by atoms with Gasteiger partial charge in [-0.25, -0.2) is 4.98 Å². The molecule has 88 valence electrons. The van der Waals surface area contributed by atoms with Gasteiger partial charge in [-0.05, 0) is 30.3 Å². The van der Waals surface area contributed by atoms with Crippen molar-refractivity contribution in [1.29, 1.82) is 5.26 Å². The Hall–Kier alpha value is -2.87. The summed E-state index contributed by atoms with van der Waals surface area (Å²) in [6, 6.07) is 12.1. The lowest BCUT2D eigenvalue weighted by molar-refractivity contribution is 0.322. The number of rotatable bonds is 3. The summed E-state index contributed by atoms with van der Waals surface area (Å²) in [5, 5.41) is 19.9. The zero-order valence-electron chi connectivity index (χ0n) is 9.32. The molecular weight excluding hydrogens is 230 g/mol. The quantitative estimate of drug-likeness (QED) is 0.507. The van der Waals surface area contributed by atoms with Crippen LogP contribution in [-0.2, 0) is 0 Å². The first-order valence-corrected chi connectivity index (χ1v) is 5.13. The summed E-state index contributed by atoms with van der Waals surface area (Å²) in [6.07, 6.45) is 2.80. The molecule has 0 atom stereocenters. The van der Waals surface area contributed by atoms with Crippen molar-refractivity contribution in [3.63, 3.8) is 0 Å². The number of hydrogen-bond acceptors (Lipinski definition) is 5. The molecule has 0 spiro atoms. The Balaban J connectivity index is 2.11. The first kappa shape index (κ1) is 11.6. The molecule has 0 saturated carbocycles. The summed E-state index contributed by atoms with van der Waals surface area (Å²) >= 11 is 0. The van der Waals surface area contributed by atoms with Gasteiger partial charge in [0.05, 0.1) is 17.8 Å². The highest BCUT2D eigenvalue weighted by Crippen LogP contribution is 2.19. The maximum Gasteiger partial charge on any atom is 0.219 e. The van der Waals surface area contributed by atoms with Crippen LogP contribution in [0, 0.1) is 11.3 Å². The van der Waals surface area contributed by atoms with Gasteiger partial charge in [0.25, 0.3) is 0 Å². The summed E-state index contributed by atoms with van der Waals surface area (Å²) in [5.74, 6) is 1.03. The maximum atomic E-state index is 8.66. The van der Waals surface area contributed by atoms with E-state index in [9.17, 15) is 0 Å². The highest BCUT2D eigenvalue weighted by atomic mass is 16.5. The van der Waals surface area contributed by atoms with E-state index in [1.165, 1.54) is 12.4 Å². The summed E-state index contributed by atoms with van der Waals surface area (Å²) in [4.78, 5) is 4.05. The van der Waals surface area contributed by atoms with Crippen LogP contribution in [0.1, 0.15) is 11.1 Å². The minimum atomic E-state index is 0.426. The number of pyridine rings is 1. The lowest BCUT2D eigenvalue weighted by Gasteiger charge is -2.04. The summed E-state index contributed by atoms with van der Waals surface area (Å²) in [5.41, 5.74) is 1.24. The molecule has 1 aromatic carbocycles. The second kappa shape index (κ2) is 5.46. The number of hydrogen-bond donors (Lipinski definition) is 1. The van der Waals surface area contributed by atoms with E-state index in [1.807, 2.05) is 6.07 Å². The van der Waals surface area contributed by atoms with Crippen molar-refractivity contribution in [3.8, 4) is 17.7 Å². The number of nitrogens with zero attached hydrogens (tertiary/aromatic N) is 3. The third-order valence-corrected chi connectivity index (χ3v) is 2.17. The molecule has 5 heteroatoms. The first-order chi connectivity index (χ1) is 8.81. The van der Waals surface area contributed by atoms with Crippen LogP contribution in [0.15, 0.2) is 47.8 Å². The van der Waals surface area contributed by atoms with E-state index in [0.717, 1.165) is 0 Å². The molecule has 0 amide bonds. The highest BCUT2D eigenvalue weighted by molar-refractivity contribution is 5.78. The number of oxime groups is 1. The van der Waals surface area contributed by atoms with Crippen molar-refractivity contribution in [3.05, 3.63) is 53.7 Å². The molecular formula is C13H9N3O2. The molecule has 0 bridgehead atoms. The topological polar surface area (TPSA) is 78.5 Å². The van der Waals surface area contributed by atoms with Gasteiger partial charge >= 0.3 is 0 Å². The second-order valence-electron chi connectivity index (χ2n) is 3.41. The predicted molar refractivity (Wildman–Crippen MR) is 64.8 cm³/mol. The van der Waals surface area contributed by atoms with E-state index in [-0.39, 0.29) is 0 Å². The van der Waals surface area contributed by atoms with E-state index in [1.54, 1.807) is 36.4 Å². The Kier molecular flexibility index (Phi) is 3.52. The van der Waals surface area contributed by atoms with Gasteiger partial charge in [0, 0.05) is 17.8 Å². The Labute approximate surface area is 104 Å². The van der Waals surface area contributed by atoms with Crippen molar-refractivity contribution >= 4 is 6.21 Å². The molecule has 0 radical (unpaired) electrons. The SMILES string of the molecule is N#Cc1ccc(Oc2ccc(/C=N/O)cn2)cc1. The second-order valence-corrected chi connectivity index (χ2v) is 3.41. The fraction of sp³-hybridized carbons (Fsp3) is 0. The molecule has 0 unspecified atom stereocenters. The van der Waals surface area contributed by atoms with Crippen LogP contribution in [0.25, 0.3) is 0 Å². The largest absolute Gasteiger partial charge is 0.439 e. The lowest BCUT2D eigenvalue weighted by Crippen LogP contribution is -1.89. The summed E-state index contributed by atoms with van der Waals surface area (Å²) in [7, 11) is 0. The maximum absolute atomic E-state index is 8.66. The average Bonchev–Trinajstić information content (AvgIpc) is 2.42. The molecule has 1 aromatic heterocycles. The standard InChI is InChI=1S/C13H9N3O2/c14-7-10-1-4-12(5-2-10)18-13-6-3-11(8-15-13)9-16-17/h1-6,8-9,17H/b16-9+. The zero-order valence-corrected chi connectivity index (χ0v) is 9.32. The molecule has 18 heavy (non-hydrogen) atoms. The lowest BCUT2D eigenvalue weighted by atomic mass is 10.2. The normalized spacial score (nSPS) is 10.2. The van der Waals surface area contributed by atoms with Gasteiger partial charge in [0.1, 0.15) is 5.75 Å². The van der Waals surface area contributed by atoms with Crippen molar-refractivity contribution in [2.45, 2.75) is 0 Å². The van der Waals surface area contributed by atoms with Crippen molar-refractivity contribution < 1.29 is 9.94 Å². The van der Waals surface area contributed by atoms with Gasteiger partial charge in [0.15, 0.2) is 0 Å². The van der Waals surface area contributed by atoms with E-state index in [2.05, 4.69) is 10.1 Å². The minimum absolute atomic E-state index is 0.426. The number of aromatic nitrogens is 1. The first-order valence-electron chi connectivity index (χ1n) is 5.13. The molecule has 5 nitrogen and oxygen atoms in total. The Morgan fingerprint density at radius 3 is 2.56 bits per heavy atom. The van der Waals surface area contributed by atoms with E-state index >= 15 is 0 Å². The molecule has 0 fully saturated rings. The smallest absolute Gasteiger partial charge is 0.219 e. The van der Waals surface area contributed by atoms with Gasteiger partial charge in [-0.2, -0.15) is 5.26 Å². The van der Waals surface area contributed by atoms with Crippen molar-refractivity contribution in [2.75, 3.05) is 0 Å². The van der Waals surface area contributed by atoms with Gasteiger partial charge in [-0.3, -0.25) is 0 Å². The van der Waals surface area contributed by atoms with Gasteiger partial charge in [0.2, 0.25) is 5.88 Å². The number of benzene rings is 1.